The van der Waals surface area contributed by atoms with Crippen LogP contribution in [0.15, 0.2) is 67.1 Å². The Morgan fingerprint density at radius 1 is 1.03 bits per heavy atom. The van der Waals surface area contributed by atoms with E-state index in [4.69, 9.17) is 4.74 Å². The first-order valence-corrected chi connectivity index (χ1v) is 10.7. The highest BCUT2D eigenvalue weighted by atomic mass is 16.5. The van der Waals surface area contributed by atoms with Gasteiger partial charge in [-0.15, -0.1) is 0 Å². The molecule has 1 unspecified atom stereocenters. The van der Waals surface area contributed by atoms with E-state index in [0.29, 0.717) is 13.0 Å². The highest BCUT2D eigenvalue weighted by Gasteiger charge is 2.42. The van der Waals surface area contributed by atoms with Crippen LogP contribution in [0.5, 0.6) is 0 Å². The molecule has 1 aromatic heterocycles. The first-order valence-electron chi connectivity index (χ1n) is 10.7. The molecule has 0 radical (unpaired) electrons. The molecule has 0 bridgehead atoms. The Morgan fingerprint density at radius 2 is 1.79 bits per heavy atom. The largest absolute Gasteiger partial charge is 0.390 e. The Kier molecular flexibility index (Phi) is 4.98. The van der Waals surface area contributed by atoms with Crippen molar-refractivity contribution in [3.8, 4) is 11.3 Å². The number of imidazole rings is 1. The number of aliphatic hydroxyl groups is 1. The summed E-state index contributed by atoms with van der Waals surface area (Å²) >= 11 is 0. The maximum Gasteiger partial charge on any atom is 0.0956 e. The predicted molar refractivity (Wildman–Crippen MR) is 113 cm³/mol. The van der Waals surface area contributed by atoms with Crippen LogP contribution in [0.4, 0.5) is 0 Å². The molecule has 2 heterocycles. The van der Waals surface area contributed by atoms with Crippen LogP contribution < -0.4 is 0 Å². The quantitative estimate of drug-likeness (QED) is 0.637. The normalized spacial score (nSPS) is 20.8. The number of nitrogens with zero attached hydrogens (tertiary/aromatic N) is 2. The van der Waals surface area contributed by atoms with Crippen LogP contribution >= 0.6 is 0 Å². The van der Waals surface area contributed by atoms with Crippen LogP contribution in [-0.2, 0) is 11.3 Å². The second-order valence-electron chi connectivity index (χ2n) is 8.44. The van der Waals surface area contributed by atoms with Crippen molar-refractivity contribution in [2.45, 2.75) is 62.9 Å². The van der Waals surface area contributed by atoms with E-state index in [9.17, 15) is 5.11 Å². The van der Waals surface area contributed by atoms with Gasteiger partial charge in [0.2, 0.25) is 0 Å². The minimum absolute atomic E-state index is 0.109. The van der Waals surface area contributed by atoms with Gasteiger partial charge in [0.05, 0.1) is 42.6 Å². The van der Waals surface area contributed by atoms with Crippen molar-refractivity contribution in [2.75, 3.05) is 0 Å². The SMILES string of the molecule is O[C@H](CC1c2ccccc2-c2cncn21)C1(OCc2ccccc2)CCCCC1. The number of aliphatic hydroxyl groups excluding tert-OH is 1. The number of benzene rings is 2. The van der Waals surface area contributed by atoms with E-state index in [1.165, 1.54) is 17.5 Å². The average Bonchev–Trinajstić information content (AvgIpc) is 3.36. The highest BCUT2D eigenvalue weighted by molar-refractivity contribution is 5.68. The minimum atomic E-state index is -0.516. The third kappa shape index (κ3) is 3.41. The molecule has 2 atom stereocenters. The molecule has 1 saturated carbocycles. The smallest absolute Gasteiger partial charge is 0.0956 e. The van der Waals surface area contributed by atoms with E-state index in [1.54, 1.807) is 0 Å². The summed E-state index contributed by atoms with van der Waals surface area (Å²) in [5.41, 5.74) is 4.34. The molecule has 2 aliphatic rings. The second kappa shape index (κ2) is 7.77. The summed E-state index contributed by atoms with van der Waals surface area (Å²) in [5, 5.41) is 11.5. The van der Waals surface area contributed by atoms with Crippen molar-refractivity contribution in [3.05, 3.63) is 78.2 Å². The number of aromatic nitrogens is 2. The number of ether oxygens (including phenoxy) is 1. The van der Waals surface area contributed by atoms with Gasteiger partial charge < -0.3 is 14.4 Å². The van der Waals surface area contributed by atoms with Gasteiger partial charge in [0.15, 0.2) is 0 Å². The van der Waals surface area contributed by atoms with Crippen molar-refractivity contribution in [1.82, 2.24) is 9.55 Å². The van der Waals surface area contributed by atoms with Crippen LogP contribution in [0.3, 0.4) is 0 Å². The first kappa shape index (κ1) is 18.6. The number of rotatable bonds is 6. The zero-order chi connectivity index (χ0) is 19.7. The Balaban J connectivity index is 1.39. The van der Waals surface area contributed by atoms with Crippen molar-refractivity contribution < 1.29 is 9.84 Å². The summed E-state index contributed by atoms with van der Waals surface area (Å²) in [7, 11) is 0. The van der Waals surface area contributed by atoms with Gasteiger partial charge in [-0.05, 0) is 24.0 Å². The van der Waals surface area contributed by atoms with E-state index in [0.717, 1.165) is 36.9 Å². The van der Waals surface area contributed by atoms with E-state index < -0.39 is 11.7 Å². The molecule has 3 aromatic rings. The lowest BCUT2D eigenvalue weighted by Crippen LogP contribution is -2.47. The molecule has 5 rings (SSSR count). The summed E-state index contributed by atoms with van der Waals surface area (Å²) in [6.45, 7) is 0.551. The standard InChI is InChI=1S/C25H28N2O2/c28-24(15-22-20-11-5-6-12-21(20)23-16-26-18-27(22)23)25(13-7-2-8-14-25)29-17-19-9-3-1-4-10-19/h1,3-6,9-12,16,18,22,24,28H,2,7-8,13-15,17H2/t22?,24-/m1/s1. The summed E-state index contributed by atoms with van der Waals surface area (Å²) < 4.78 is 8.72. The second-order valence-corrected chi connectivity index (χ2v) is 8.44. The number of hydrogen-bond acceptors (Lipinski definition) is 3. The molecule has 150 valence electrons. The average molecular weight is 389 g/mol. The monoisotopic (exact) mass is 388 g/mol. The fourth-order valence-corrected chi connectivity index (χ4v) is 5.12. The zero-order valence-corrected chi connectivity index (χ0v) is 16.7. The lowest BCUT2D eigenvalue weighted by Gasteiger charge is -2.42. The summed E-state index contributed by atoms with van der Waals surface area (Å²) in [4.78, 5) is 4.36. The van der Waals surface area contributed by atoms with Crippen LogP contribution in [0.25, 0.3) is 11.3 Å². The molecule has 1 aliphatic carbocycles. The van der Waals surface area contributed by atoms with E-state index in [-0.39, 0.29) is 6.04 Å². The molecule has 29 heavy (non-hydrogen) atoms. The molecule has 0 amide bonds. The lowest BCUT2D eigenvalue weighted by molar-refractivity contribution is -0.154. The topological polar surface area (TPSA) is 47.3 Å². The molecular weight excluding hydrogens is 360 g/mol. The van der Waals surface area contributed by atoms with Crippen molar-refractivity contribution in [2.24, 2.45) is 0 Å². The lowest BCUT2D eigenvalue weighted by atomic mass is 9.78. The Labute approximate surface area is 172 Å². The van der Waals surface area contributed by atoms with Gasteiger partial charge in [0.25, 0.3) is 0 Å². The van der Waals surface area contributed by atoms with Crippen LogP contribution in [-0.4, -0.2) is 26.4 Å². The van der Waals surface area contributed by atoms with Gasteiger partial charge in [-0.25, -0.2) is 4.98 Å². The maximum atomic E-state index is 11.5. The first-order chi connectivity index (χ1) is 14.3. The fourth-order valence-electron chi connectivity index (χ4n) is 5.12. The molecular formula is C25H28N2O2. The maximum absolute atomic E-state index is 11.5. The molecule has 1 fully saturated rings. The van der Waals surface area contributed by atoms with E-state index in [1.807, 2.05) is 30.7 Å². The molecule has 2 aromatic carbocycles. The molecule has 0 saturated heterocycles. The van der Waals surface area contributed by atoms with Gasteiger partial charge in [-0.2, -0.15) is 0 Å². The van der Waals surface area contributed by atoms with Gasteiger partial charge >= 0.3 is 0 Å². The third-order valence-corrected chi connectivity index (χ3v) is 6.72. The van der Waals surface area contributed by atoms with Crippen molar-refractivity contribution >= 4 is 0 Å². The van der Waals surface area contributed by atoms with E-state index >= 15 is 0 Å². The Bertz CT molecular complexity index is 960. The fraction of sp³-hybridized carbons (Fsp3) is 0.400. The Morgan fingerprint density at radius 3 is 2.62 bits per heavy atom. The summed E-state index contributed by atoms with van der Waals surface area (Å²) in [6.07, 6.45) is 9.25. The van der Waals surface area contributed by atoms with Crippen LogP contribution in [0.2, 0.25) is 0 Å². The van der Waals surface area contributed by atoms with Crippen molar-refractivity contribution in [1.29, 1.82) is 0 Å². The molecule has 1 N–H and O–H groups in total. The van der Waals surface area contributed by atoms with Crippen molar-refractivity contribution in [3.63, 3.8) is 0 Å². The predicted octanol–water partition coefficient (Wildman–Crippen LogP) is 5.12. The van der Waals surface area contributed by atoms with Gasteiger partial charge in [0, 0.05) is 12.0 Å². The van der Waals surface area contributed by atoms with Gasteiger partial charge in [-0.3, -0.25) is 0 Å². The van der Waals surface area contributed by atoms with Gasteiger partial charge in [0.1, 0.15) is 0 Å². The van der Waals surface area contributed by atoms with E-state index in [2.05, 4.69) is 45.9 Å². The molecule has 0 spiro atoms. The summed E-state index contributed by atoms with van der Waals surface area (Å²) in [5.74, 6) is 0. The van der Waals surface area contributed by atoms with Crippen LogP contribution in [0, 0.1) is 0 Å². The molecule has 1 aliphatic heterocycles. The highest BCUT2D eigenvalue weighted by Crippen LogP contribution is 2.44. The minimum Gasteiger partial charge on any atom is -0.390 e. The zero-order valence-electron chi connectivity index (χ0n) is 16.7. The third-order valence-electron chi connectivity index (χ3n) is 6.72. The molecule has 4 heteroatoms. The Hall–Kier alpha value is -2.43. The van der Waals surface area contributed by atoms with Crippen LogP contribution in [0.1, 0.15) is 55.7 Å². The van der Waals surface area contributed by atoms with Gasteiger partial charge in [-0.1, -0.05) is 73.9 Å². The number of fused-ring (bicyclic) bond motifs is 3. The number of hydrogen-bond donors (Lipinski definition) is 1. The molecule has 4 nitrogen and oxygen atoms in total. The summed E-state index contributed by atoms with van der Waals surface area (Å²) in [6, 6.07) is 18.9.